The van der Waals surface area contributed by atoms with Crippen molar-refractivity contribution in [3.8, 4) is 0 Å². The molecule has 3 N–H and O–H groups in total. The molecular weight excluding hydrogens is 258 g/mol. The standard InChI is InChI=1S/C14H25N3O3/c15-12-4-2-1-3-11(12)14(20)17-9-7-16(8-10-17)6-5-13(18)19/h11-12H,1-10,15H2,(H,18,19). The fourth-order valence-electron chi connectivity index (χ4n) is 3.15. The molecular formula is C14H25N3O3. The lowest BCUT2D eigenvalue weighted by atomic mass is 9.84. The predicted molar refractivity (Wildman–Crippen MR) is 75.2 cm³/mol. The third kappa shape index (κ3) is 3.93. The molecule has 0 aromatic heterocycles. The molecule has 114 valence electrons. The van der Waals surface area contributed by atoms with Crippen LogP contribution in [0.2, 0.25) is 0 Å². The highest BCUT2D eigenvalue weighted by Crippen LogP contribution is 2.25. The molecule has 1 heterocycles. The van der Waals surface area contributed by atoms with Crippen molar-refractivity contribution in [2.24, 2.45) is 11.7 Å². The molecule has 0 radical (unpaired) electrons. The minimum Gasteiger partial charge on any atom is -0.481 e. The van der Waals surface area contributed by atoms with Crippen LogP contribution in [-0.2, 0) is 9.59 Å². The summed E-state index contributed by atoms with van der Waals surface area (Å²) < 4.78 is 0. The number of carbonyl (C=O) groups is 2. The molecule has 2 fully saturated rings. The highest BCUT2D eigenvalue weighted by atomic mass is 16.4. The average Bonchev–Trinajstić information content (AvgIpc) is 2.45. The molecule has 2 unspecified atom stereocenters. The average molecular weight is 283 g/mol. The van der Waals surface area contributed by atoms with Crippen LogP contribution >= 0.6 is 0 Å². The van der Waals surface area contributed by atoms with Gasteiger partial charge >= 0.3 is 5.97 Å². The molecule has 6 heteroatoms. The third-order valence-corrected chi connectivity index (χ3v) is 4.46. The van der Waals surface area contributed by atoms with Crippen molar-refractivity contribution in [1.29, 1.82) is 0 Å². The monoisotopic (exact) mass is 283 g/mol. The molecule has 2 rings (SSSR count). The van der Waals surface area contributed by atoms with Gasteiger partial charge in [0.1, 0.15) is 0 Å². The van der Waals surface area contributed by atoms with Crippen molar-refractivity contribution in [3.05, 3.63) is 0 Å². The van der Waals surface area contributed by atoms with Crippen molar-refractivity contribution in [2.75, 3.05) is 32.7 Å². The Labute approximate surface area is 119 Å². The maximum Gasteiger partial charge on any atom is 0.304 e. The molecule has 2 aliphatic rings. The van der Waals surface area contributed by atoms with Crippen molar-refractivity contribution in [2.45, 2.75) is 38.1 Å². The zero-order valence-corrected chi connectivity index (χ0v) is 12.0. The quantitative estimate of drug-likeness (QED) is 0.765. The minimum atomic E-state index is -0.767. The van der Waals surface area contributed by atoms with Crippen molar-refractivity contribution in [1.82, 2.24) is 9.80 Å². The van der Waals surface area contributed by atoms with Gasteiger partial charge in [0.05, 0.1) is 12.3 Å². The Balaban J connectivity index is 1.78. The maximum atomic E-state index is 12.5. The second kappa shape index (κ2) is 7.04. The van der Waals surface area contributed by atoms with Gasteiger partial charge in [0.15, 0.2) is 0 Å². The Bertz CT molecular complexity index is 354. The Morgan fingerprint density at radius 1 is 1.10 bits per heavy atom. The summed E-state index contributed by atoms with van der Waals surface area (Å²) in [5.41, 5.74) is 6.07. The van der Waals surface area contributed by atoms with Gasteiger partial charge in [-0.25, -0.2) is 0 Å². The van der Waals surface area contributed by atoms with Gasteiger partial charge in [0.25, 0.3) is 0 Å². The van der Waals surface area contributed by atoms with Crippen molar-refractivity contribution in [3.63, 3.8) is 0 Å². The third-order valence-electron chi connectivity index (χ3n) is 4.46. The SMILES string of the molecule is NC1CCCCC1C(=O)N1CCN(CCC(=O)O)CC1. The molecule has 1 aliphatic carbocycles. The van der Waals surface area contributed by atoms with E-state index in [0.717, 1.165) is 38.8 Å². The van der Waals surface area contributed by atoms with Gasteiger partial charge in [-0.1, -0.05) is 12.8 Å². The lowest BCUT2D eigenvalue weighted by molar-refractivity contribution is -0.140. The van der Waals surface area contributed by atoms with Crippen molar-refractivity contribution < 1.29 is 14.7 Å². The van der Waals surface area contributed by atoms with Crippen LogP contribution in [0.3, 0.4) is 0 Å². The number of rotatable bonds is 4. The molecule has 0 bridgehead atoms. The first-order valence-corrected chi connectivity index (χ1v) is 7.56. The Hall–Kier alpha value is -1.14. The molecule has 0 aromatic carbocycles. The van der Waals surface area contributed by atoms with Gasteiger partial charge < -0.3 is 15.7 Å². The number of hydrogen-bond donors (Lipinski definition) is 2. The van der Waals surface area contributed by atoms with Gasteiger partial charge in [-0.05, 0) is 12.8 Å². The lowest BCUT2D eigenvalue weighted by Gasteiger charge is -2.38. The van der Waals surface area contributed by atoms with E-state index in [1.165, 1.54) is 0 Å². The zero-order chi connectivity index (χ0) is 14.5. The summed E-state index contributed by atoms with van der Waals surface area (Å²) in [5.74, 6) is -0.568. The summed E-state index contributed by atoms with van der Waals surface area (Å²) in [5, 5.41) is 8.68. The van der Waals surface area contributed by atoms with Gasteiger partial charge in [-0.3, -0.25) is 14.5 Å². The molecule has 0 aromatic rings. The number of carbonyl (C=O) groups excluding carboxylic acids is 1. The first-order chi connectivity index (χ1) is 9.58. The van der Waals surface area contributed by atoms with E-state index in [2.05, 4.69) is 4.90 Å². The summed E-state index contributed by atoms with van der Waals surface area (Å²) >= 11 is 0. The summed E-state index contributed by atoms with van der Waals surface area (Å²) in [6, 6.07) is 0.0151. The zero-order valence-electron chi connectivity index (χ0n) is 12.0. The molecule has 20 heavy (non-hydrogen) atoms. The number of aliphatic carboxylic acids is 1. The molecule has 1 aliphatic heterocycles. The van der Waals surface area contributed by atoms with E-state index in [4.69, 9.17) is 10.8 Å². The fourth-order valence-corrected chi connectivity index (χ4v) is 3.15. The normalized spacial score (nSPS) is 28.4. The second-order valence-corrected chi connectivity index (χ2v) is 5.87. The molecule has 1 saturated heterocycles. The summed E-state index contributed by atoms with van der Waals surface area (Å²) in [4.78, 5) is 27.0. The topological polar surface area (TPSA) is 86.9 Å². The van der Waals surface area contributed by atoms with E-state index in [0.29, 0.717) is 19.6 Å². The van der Waals surface area contributed by atoms with E-state index in [-0.39, 0.29) is 24.3 Å². The van der Waals surface area contributed by atoms with E-state index in [9.17, 15) is 9.59 Å². The Morgan fingerprint density at radius 2 is 1.75 bits per heavy atom. The van der Waals surface area contributed by atoms with E-state index in [1.54, 1.807) is 0 Å². The number of carboxylic acid groups (broad SMARTS) is 1. The van der Waals surface area contributed by atoms with E-state index >= 15 is 0 Å². The number of amides is 1. The van der Waals surface area contributed by atoms with Crippen LogP contribution in [0, 0.1) is 5.92 Å². The van der Waals surface area contributed by atoms with Gasteiger partial charge in [0.2, 0.25) is 5.91 Å². The predicted octanol–water partition coefficient (Wildman–Crippen LogP) is 0.123. The van der Waals surface area contributed by atoms with E-state index < -0.39 is 5.97 Å². The van der Waals surface area contributed by atoms with Crippen LogP contribution in [0.4, 0.5) is 0 Å². The number of carboxylic acids is 1. The fraction of sp³-hybridized carbons (Fsp3) is 0.857. The minimum absolute atomic E-state index is 0.00526. The van der Waals surface area contributed by atoms with Gasteiger partial charge in [-0.2, -0.15) is 0 Å². The van der Waals surface area contributed by atoms with Gasteiger partial charge in [-0.15, -0.1) is 0 Å². The summed E-state index contributed by atoms with van der Waals surface area (Å²) in [7, 11) is 0. The van der Waals surface area contributed by atoms with Crippen LogP contribution in [0.25, 0.3) is 0 Å². The molecule has 6 nitrogen and oxygen atoms in total. The smallest absolute Gasteiger partial charge is 0.304 e. The number of piperazine rings is 1. The van der Waals surface area contributed by atoms with Crippen LogP contribution in [0.15, 0.2) is 0 Å². The Kier molecular flexibility index (Phi) is 5.37. The molecule has 2 atom stereocenters. The molecule has 1 saturated carbocycles. The highest BCUT2D eigenvalue weighted by Gasteiger charge is 2.32. The first kappa shape index (κ1) is 15.3. The van der Waals surface area contributed by atoms with Crippen molar-refractivity contribution >= 4 is 11.9 Å². The van der Waals surface area contributed by atoms with Crippen LogP contribution in [0.5, 0.6) is 0 Å². The largest absolute Gasteiger partial charge is 0.481 e. The molecule has 1 amide bonds. The maximum absolute atomic E-state index is 12.5. The van der Waals surface area contributed by atoms with Gasteiger partial charge in [0, 0.05) is 38.8 Å². The number of nitrogens with two attached hydrogens (primary N) is 1. The Morgan fingerprint density at radius 3 is 2.35 bits per heavy atom. The lowest BCUT2D eigenvalue weighted by Crippen LogP contribution is -2.53. The highest BCUT2D eigenvalue weighted by molar-refractivity contribution is 5.79. The first-order valence-electron chi connectivity index (χ1n) is 7.56. The van der Waals surface area contributed by atoms with Crippen LogP contribution in [-0.4, -0.2) is 65.5 Å². The van der Waals surface area contributed by atoms with E-state index in [1.807, 2.05) is 4.90 Å². The van der Waals surface area contributed by atoms with Crippen LogP contribution in [0.1, 0.15) is 32.1 Å². The molecule has 0 spiro atoms. The second-order valence-electron chi connectivity index (χ2n) is 5.87. The summed E-state index contributed by atoms with van der Waals surface area (Å²) in [6.07, 6.45) is 4.27. The number of nitrogens with zero attached hydrogens (tertiary/aromatic N) is 2. The van der Waals surface area contributed by atoms with Crippen LogP contribution < -0.4 is 5.73 Å². The summed E-state index contributed by atoms with van der Waals surface area (Å²) in [6.45, 7) is 3.49. The number of hydrogen-bond acceptors (Lipinski definition) is 4.